The number of alkyl halides is 2. The molecule has 2 aromatic rings. The van der Waals surface area contributed by atoms with Crippen molar-refractivity contribution in [3.63, 3.8) is 0 Å². The van der Waals surface area contributed by atoms with E-state index in [9.17, 15) is 26.8 Å². The zero-order valence-electron chi connectivity index (χ0n) is 15.3. The van der Waals surface area contributed by atoms with Gasteiger partial charge in [-0.15, -0.1) is 0 Å². The highest BCUT2D eigenvalue weighted by Gasteiger charge is 2.26. The minimum atomic E-state index is -4.74. The van der Waals surface area contributed by atoms with Crippen molar-refractivity contribution in [3.05, 3.63) is 65.2 Å². The van der Waals surface area contributed by atoms with Crippen LogP contribution < -0.4 is 0 Å². The highest BCUT2D eigenvalue weighted by molar-refractivity contribution is 7.91. The third kappa shape index (κ3) is 5.13. The largest absolute Gasteiger partial charge is 0.452 e. The number of benzene rings is 2. The molecule has 0 spiro atoms. The van der Waals surface area contributed by atoms with Crippen LogP contribution >= 0.6 is 0 Å². The molecule has 6 nitrogen and oxygen atoms in total. The summed E-state index contributed by atoms with van der Waals surface area (Å²) in [6.07, 6.45) is 0. The Balaban J connectivity index is 1.94. The molecule has 2 rings (SSSR count). The molecule has 9 heteroatoms. The van der Waals surface area contributed by atoms with Gasteiger partial charge in [-0.25, -0.2) is 13.2 Å². The lowest BCUT2D eigenvalue weighted by atomic mass is 10.1. The molecule has 28 heavy (non-hydrogen) atoms. The van der Waals surface area contributed by atoms with Crippen molar-refractivity contribution in [2.45, 2.75) is 24.1 Å². The Morgan fingerprint density at radius 1 is 1.07 bits per heavy atom. The number of hydrogen-bond donors (Lipinski definition) is 0. The smallest absolute Gasteiger partial charge is 0.341 e. The maximum Gasteiger partial charge on any atom is 0.341 e. The van der Waals surface area contributed by atoms with Crippen LogP contribution in [0.5, 0.6) is 0 Å². The quantitative estimate of drug-likeness (QED) is 0.655. The number of nitrogens with zero attached hydrogens (tertiary/aromatic N) is 1. The van der Waals surface area contributed by atoms with Gasteiger partial charge in [0.25, 0.3) is 5.91 Å². The summed E-state index contributed by atoms with van der Waals surface area (Å²) in [5.41, 5.74) is 1.93. The minimum Gasteiger partial charge on any atom is -0.452 e. The molecule has 0 saturated heterocycles. The molecule has 0 atom stereocenters. The van der Waals surface area contributed by atoms with Crippen LogP contribution in [0.1, 0.15) is 21.5 Å². The first kappa shape index (κ1) is 21.5. The van der Waals surface area contributed by atoms with Gasteiger partial charge < -0.3 is 9.64 Å². The highest BCUT2D eigenvalue weighted by atomic mass is 32.2. The predicted octanol–water partition coefficient (Wildman–Crippen LogP) is 2.81. The lowest BCUT2D eigenvalue weighted by molar-refractivity contribution is -0.133. The maximum atomic E-state index is 12.5. The number of hydrogen-bond acceptors (Lipinski definition) is 5. The van der Waals surface area contributed by atoms with E-state index in [4.69, 9.17) is 4.74 Å². The third-order valence-electron chi connectivity index (χ3n) is 4.07. The van der Waals surface area contributed by atoms with Crippen LogP contribution in [0.2, 0.25) is 0 Å². The summed E-state index contributed by atoms with van der Waals surface area (Å²) in [6, 6.07) is 11.5. The molecule has 0 saturated carbocycles. The van der Waals surface area contributed by atoms with Gasteiger partial charge in [-0.2, -0.15) is 8.78 Å². The number of aryl methyl sites for hydroxylation is 1. The average molecular weight is 411 g/mol. The molecule has 0 fully saturated rings. The molecule has 0 aromatic heterocycles. The summed E-state index contributed by atoms with van der Waals surface area (Å²) < 4.78 is 52.6. The van der Waals surface area contributed by atoms with Gasteiger partial charge in [0.1, 0.15) is 0 Å². The van der Waals surface area contributed by atoms with Gasteiger partial charge >= 0.3 is 11.7 Å². The van der Waals surface area contributed by atoms with E-state index in [-0.39, 0.29) is 5.56 Å². The molecule has 0 aliphatic heterocycles. The molecule has 2 aromatic carbocycles. The normalized spacial score (nSPS) is 11.3. The summed E-state index contributed by atoms with van der Waals surface area (Å²) in [4.78, 5) is 24.9. The van der Waals surface area contributed by atoms with E-state index in [1.807, 2.05) is 31.2 Å². The zero-order chi connectivity index (χ0) is 20.9. The fourth-order valence-corrected chi connectivity index (χ4v) is 3.06. The van der Waals surface area contributed by atoms with Gasteiger partial charge in [0.2, 0.25) is 9.84 Å². The van der Waals surface area contributed by atoms with Crippen LogP contribution in [0, 0.1) is 6.92 Å². The highest BCUT2D eigenvalue weighted by Crippen LogP contribution is 2.19. The molecule has 150 valence electrons. The molecule has 0 bridgehead atoms. The van der Waals surface area contributed by atoms with Crippen molar-refractivity contribution in [2.24, 2.45) is 0 Å². The summed E-state index contributed by atoms with van der Waals surface area (Å²) in [7, 11) is -3.16. The summed E-state index contributed by atoms with van der Waals surface area (Å²) in [5, 5.41) is 0. The van der Waals surface area contributed by atoms with Crippen molar-refractivity contribution < 1.29 is 31.5 Å². The van der Waals surface area contributed by atoms with E-state index in [0.717, 1.165) is 35.4 Å². The fraction of sp³-hybridized carbons (Fsp3) is 0.263. The second-order valence-corrected chi connectivity index (χ2v) is 8.00. The Kier molecular flexibility index (Phi) is 6.85. The lowest BCUT2D eigenvalue weighted by Gasteiger charge is -2.18. The van der Waals surface area contributed by atoms with Gasteiger partial charge in [-0.3, -0.25) is 4.79 Å². The van der Waals surface area contributed by atoms with E-state index in [1.165, 1.54) is 4.90 Å². The Morgan fingerprint density at radius 3 is 2.25 bits per heavy atom. The van der Waals surface area contributed by atoms with E-state index in [2.05, 4.69) is 0 Å². The predicted molar refractivity (Wildman–Crippen MR) is 97.6 cm³/mol. The van der Waals surface area contributed by atoms with E-state index >= 15 is 0 Å². The van der Waals surface area contributed by atoms with Gasteiger partial charge in [-0.1, -0.05) is 24.3 Å². The SMILES string of the molecule is Cc1ccccc1CN(C)C(=O)COC(=O)c1ccc(S(=O)(=O)C(F)F)cc1. The topological polar surface area (TPSA) is 80.8 Å². The number of amides is 1. The number of esters is 1. The number of likely N-dealkylation sites (N-methyl/N-ethyl adjacent to an activating group) is 1. The standard InChI is InChI=1S/C19H19F2NO5S/c1-13-5-3-4-6-15(13)11-22(2)17(23)12-27-18(24)14-7-9-16(10-8-14)28(25,26)19(20)21/h3-10,19H,11-12H2,1-2H3. The van der Waals surface area contributed by atoms with Crippen molar-refractivity contribution in [3.8, 4) is 0 Å². The molecular formula is C19H19F2NO5S. The monoisotopic (exact) mass is 411 g/mol. The molecule has 0 aliphatic carbocycles. The molecule has 0 N–H and O–H groups in total. The Hall–Kier alpha value is -2.81. The van der Waals surface area contributed by atoms with E-state index in [0.29, 0.717) is 6.54 Å². The van der Waals surface area contributed by atoms with E-state index in [1.54, 1.807) is 7.05 Å². The molecule has 0 radical (unpaired) electrons. The van der Waals surface area contributed by atoms with Gasteiger partial charge in [-0.05, 0) is 42.3 Å². The number of carbonyl (C=O) groups excluding carboxylic acids is 2. The summed E-state index contributed by atoms with van der Waals surface area (Å²) in [6.45, 7) is 1.77. The minimum absolute atomic E-state index is 0.0532. The zero-order valence-corrected chi connectivity index (χ0v) is 16.1. The van der Waals surface area contributed by atoms with Crippen LogP contribution in [0.15, 0.2) is 53.4 Å². The Bertz CT molecular complexity index is 959. The van der Waals surface area contributed by atoms with Crippen LogP contribution in [0.25, 0.3) is 0 Å². The summed E-state index contributed by atoms with van der Waals surface area (Å²) >= 11 is 0. The van der Waals surface area contributed by atoms with Gasteiger partial charge in [0, 0.05) is 13.6 Å². The number of carbonyl (C=O) groups is 2. The van der Waals surface area contributed by atoms with Crippen molar-refractivity contribution in [1.82, 2.24) is 4.90 Å². The number of sulfone groups is 1. The first-order valence-electron chi connectivity index (χ1n) is 8.20. The van der Waals surface area contributed by atoms with Crippen LogP contribution in [0.3, 0.4) is 0 Å². The molecule has 0 unspecified atom stereocenters. The second-order valence-electron chi connectivity index (χ2n) is 6.08. The van der Waals surface area contributed by atoms with E-state index < -0.39 is 39.0 Å². The third-order valence-corrected chi connectivity index (χ3v) is 5.47. The molecule has 0 heterocycles. The molecule has 1 amide bonds. The molecular weight excluding hydrogens is 392 g/mol. The maximum absolute atomic E-state index is 12.5. The first-order chi connectivity index (χ1) is 13.1. The van der Waals surface area contributed by atoms with Crippen molar-refractivity contribution in [2.75, 3.05) is 13.7 Å². The second kappa shape index (κ2) is 8.92. The summed E-state index contributed by atoms with van der Waals surface area (Å²) in [5.74, 6) is -4.83. The van der Waals surface area contributed by atoms with Crippen LogP contribution in [0.4, 0.5) is 8.78 Å². The molecule has 0 aliphatic rings. The Labute approximate surface area is 161 Å². The fourth-order valence-electron chi connectivity index (χ4n) is 2.34. The van der Waals surface area contributed by atoms with Crippen molar-refractivity contribution >= 4 is 21.7 Å². The van der Waals surface area contributed by atoms with Gasteiger partial charge in [0.05, 0.1) is 10.5 Å². The first-order valence-corrected chi connectivity index (χ1v) is 9.75. The number of halogens is 2. The average Bonchev–Trinajstić information content (AvgIpc) is 2.67. The number of ether oxygens (including phenoxy) is 1. The van der Waals surface area contributed by atoms with Crippen LogP contribution in [-0.2, 0) is 25.9 Å². The Morgan fingerprint density at radius 2 is 1.68 bits per heavy atom. The lowest BCUT2D eigenvalue weighted by Crippen LogP contribution is -2.31. The van der Waals surface area contributed by atoms with Crippen molar-refractivity contribution in [1.29, 1.82) is 0 Å². The van der Waals surface area contributed by atoms with Crippen LogP contribution in [-0.4, -0.2) is 44.6 Å². The van der Waals surface area contributed by atoms with Gasteiger partial charge in [0.15, 0.2) is 6.61 Å². The number of rotatable bonds is 7.